The number of carbonyl (C=O) groups is 1. The van der Waals surface area contributed by atoms with Gasteiger partial charge in [0.2, 0.25) is 0 Å². The van der Waals surface area contributed by atoms with E-state index in [1.165, 1.54) is 12.1 Å². The number of methoxy groups -OCH3 is 1. The minimum Gasteiger partial charge on any atom is -0.488 e. The van der Waals surface area contributed by atoms with Crippen LogP contribution in [-0.4, -0.2) is 13.3 Å². The molecular formula is C19H19F3O4S. The van der Waals surface area contributed by atoms with E-state index in [-0.39, 0.29) is 23.9 Å². The molecule has 0 saturated carbocycles. The van der Waals surface area contributed by atoms with Crippen molar-refractivity contribution in [2.75, 3.05) is 7.11 Å². The van der Waals surface area contributed by atoms with Crippen molar-refractivity contribution in [3.63, 3.8) is 0 Å². The van der Waals surface area contributed by atoms with Crippen LogP contribution in [0.1, 0.15) is 27.8 Å². The summed E-state index contributed by atoms with van der Waals surface area (Å²) < 4.78 is 55.1. The summed E-state index contributed by atoms with van der Waals surface area (Å²) in [6.45, 7) is 3.08. The van der Waals surface area contributed by atoms with Gasteiger partial charge >= 0.3 is 12.3 Å². The molecule has 0 saturated heterocycles. The van der Waals surface area contributed by atoms with Crippen LogP contribution in [-0.2, 0) is 23.3 Å². The van der Waals surface area contributed by atoms with Crippen molar-refractivity contribution in [1.82, 2.24) is 0 Å². The lowest BCUT2D eigenvalue weighted by Crippen LogP contribution is -2.13. The number of hydrogen-bond donors (Lipinski definition) is 1. The van der Waals surface area contributed by atoms with Crippen LogP contribution in [0.15, 0.2) is 30.3 Å². The van der Waals surface area contributed by atoms with Crippen molar-refractivity contribution in [1.29, 1.82) is 0 Å². The van der Waals surface area contributed by atoms with Gasteiger partial charge in [-0.15, -0.1) is 0 Å². The molecule has 0 aromatic heterocycles. The summed E-state index contributed by atoms with van der Waals surface area (Å²) in [5.74, 6) is 0.144. The van der Waals surface area contributed by atoms with Crippen molar-refractivity contribution in [3.05, 3.63) is 58.1 Å². The highest BCUT2D eigenvalue weighted by Crippen LogP contribution is 2.38. The Labute approximate surface area is 160 Å². The van der Waals surface area contributed by atoms with Gasteiger partial charge in [0.15, 0.2) is 0 Å². The first-order valence-corrected chi connectivity index (χ1v) is 8.59. The highest BCUT2D eigenvalue weighted by atomic mass is 32.1. The third-order valence-electron chi connectivity index (χ3n) is 4.03. The molecule has 0 N–H and O–H groups in total. The molecule has 4 nitrogen and oxygen atoms in total. The van der Waals surface area contributed by atoms with Gasteiger partial charge in [-0.2, -0.15) is 25.8 Å². The fraction of sp³-hybridized carbons (Fsp3) is 0.316. The average Bonchev–Trinajstić information content (AvgIpc) is 2.61. The molecule has 0 amide bonds. The van der Waals surface area contributed by atoms with Crippen LogP contribution in [0.4, 0.5) is 18.0 Å². The van der Waals surface area contributed by atoms with E-state index in [0.717, 1.165) is 13.2 Å². The normalized spacial score (nSPS) is 11.2. The molecule has 27 heavy (non-hydrogen) atoms. The molecule has 2 rings (SSSR count). The third kappa shape index (κ3) is 5.09. The quantitative estimate of drug-likeness (QED) is 0.410. The summed E-state index contributed by atoms with van der Waals surface area (Å²) in [5, 5.41) is 0. The first kappa shape index (κ1) is 21.0. The average molecular weight is 400 g/mol. The molecular weight excluding hydrogens is 381 g/mol. The highest BCUT2D eigenvalue weighted by Gasteiger charge is 2.35. The maximum atomic E-state index is 13.4. The molecule has 0 fully saturated rings. The zero-order valence-corrected chi connectivity index (χ0v) is 15.9. The van der Waals surface area contributed by atoms with Gasteiger partial charge < -0.3 is 14.2 Å². The Kier molecular flexibility index (Phi) is 6.64. The Balaban J connectivity index is 2.39. The highest BCUT2D eigenvalue weighted by molar-refractivity contribution is 7.79. The van der Waals surface area contributed by atoms with Crippen LogP contribution in [0, 0.1) is 13.8 Å². The second-order valence-electron chi connectivity index (χ2n) is 5.83. The molecule has 146 valence electrons. The van der Waals surface area contributed by atoms with Crippen LogP contribution in [0.25, 0.3) is 0 Å². The molecule has 0 heterocycles. The van der Waals surface area contributed by atoms with Gasteiger partial charge in [-0.3, -0.25) is 0 Å². The van der Waals surface area contributed by atoms with Crippen LogP contribution >= 0.6 is 12.6 Å². The number of thiol groups is 1. The Hall–Kier alpha value is -2.35. The predicted molar refractivity (Wildman–Crippen MR) is 97.4 cm³/mol. The number of hydrogen-bond acceptors (Lipinski definition) is 5. The predicted octanol–water partition coefficient (Wildman–Crippen LogP) is 5.48. The molecule has 0 unspecified atom stereocenters. The molecule has 0 bridgehead atoms. The van der Waals surface area contributed by atoms with E-state index in [1.807, 2.05) is 0 Å². The molecule has 0 spiro atoms. The smallest absolute Gasteiger partial charge is 0.488 e. The van der Waals surface area contributed by atoms with Crippen molar-refractivity contribution < 1.29 is 32.2 Å². The summed E-state index contributed by atoms with van der Waals surface area (Å²) in [4.78, 5) is 11.4. The van der Waals surface area contributed by atoms with Crippen LogP contribution < -0.4 is 9.47 Å². The second kappa shape index (κ2) is 8.56. The molecule has 2 aromatic carbocycles. The van der Waals surface area contributed by atoms with Gasteiger partial charge in [0.1, 0.15) is 18.1 Å². The zero-order chi connectivity index (χ0) is 20.2. The third-order valence-corrected chi connectivity index (χ3v) is 4.37. The van der Waals surface area contributed by atoms with Gasteiger partial charge in [0.25, 0.3) is 0 Å². The second-order valence-corrected chi connectivity index (χ2v) is 6.14. The van der Waals surface area contributed by atoms with Crippen LogP contribution in [0.5, 0.6) is 11.5 Å². The van der Waals surface area contributed by atoms with Crippen molar-refractivity contribution in [2.24, 2.45) is 0 Å². The molecule has 0 aliphatic carbocycles. The van der Waals surface area contributed by atoms with Gasteiger partial charge in [-0.25, -0.2) is 4.79 Å². The number of benzene rings is 2. The Morgan fingerprint density at radius 2 is 1.78 bits per heavy atom. The Bertz CT molecular complexity index is 834. The molecule has 0 atom stereocenters. The minimum absolute atomic E-state index is 0.144. The van der Waals surface area contributed by atoms with E-state index < -0.39 is 17.9 Å². The summed E-state index contributed by atoms with van der Waals surface area (Å²) >= 11 is 4.21. The summed E-state index contributed by atoms with van der Waals surface area (Å²) in [5.41, 5.74) is 1.41. The SMILES string of the molecule is COC(=O)Oc1cccc(CS)c1COc1cc(C)c(C)cc1C(F)(F)F. The molecule has 8 heteroatoms. The fourth-order valence-corrected chi connectivity index (χ4v) is 2.73. The first-order valence-electron chi connectivity index (χ1n) is 7.96. The van der Waals surface area contributed by atoms with E-state index in [4.69, 9.17) is 9.47 Å². The Morgan fingerprint density at radius 3 is 2.37 bits per heavy atom. The van der Waals surface area contributed by atoms with Crippen molar-refractivity contribution >= 4 is 18.8 Å². The Morgan fingerprint density at radius 1 is 1.11 bits per heavy atom. The van der Waals surface area contributed by atoms with Crippen molar-refractivity contribution in [2.45, 2.75) is 32.4 Å². The topological polar surface area (TPSA) is 44.8 Å². The molecule has 0 aliphatic heterocycles. The zero-order valence-electron chi connectivity index (χ0n) is 15.0. The maximum absolute atomic E-state index is 13.4. The lowest BCUT2D eigenvalue weighted by atomic mass is 10.0. The number of ether oxygens (including phenoxy) is 3. The number of alkyl halides is 3. The summed E-state index contributed by atoms with van der Waals surface area (Å²) in [7, 11) is 1.16. The van der Waals surface area contributed by atoms with E-state index in [1.54, 1.807) is 26.0 Å². The minimum atomic E-state index is -4.55. The summed E-state index contributed by atoms with van der Waals surface area (Å²) in [6.07, 6.45) is -5.49. The number of rotatable bonds is 5. The van der Waals surface area contributed by atoms with E-state index in [9.17, 15) is 18.0 Å². The first-order chi connectivity index (χ1) is 12.7. The number of aryl methyl sites for hydroxylation is 2. The van der Waals surface area contributed by atoms with E-state index in [0.29, 0.717) is 22.3 Å². The van der Waals surface area contributed by atoms with Gasteiger partial charge in [0, 0.05) is 11.3 Å². The molecule has 2 aromatic rings. The number of carbonyl (C=O) groups excluding carboxylic acids is 1. The molecule has 0 aliphatic rings. The van der Waals surface area contributed by atoms with Gasteiger partial charge in [0.05, 0.1) is 12.7 Å². The van der Waals surface area contributed by atoms with E-state index in [2.05, 4.69) is 17.4 Å². The monoisotopic (exact) mass is 400 g/mol. The van der Waals surface area contributed by atoms with Gasteiger partial charge in [-0.1, -0.05) is 12.1 Å². The van der Waals surface area contributed by atoms with Crippen molar-refractivity contribution in [3.8, 4) is 11.5 Å². The fourth-order valence-electron chi connectivity index (χ4n) is 2.43. The lowest BCUT2D eigenvalue weighted by Gasteiger charge is -2.18. The largest absolute Gasteiger partial charge is 0.513 e. The van der Waals surface area contributed by atoms with Crippen LogP contribution in [0.2, 0.25) is 0 Å². The standard InChI is InChI=1S/C19H19F3O4S/c1-11-7-15(19(20,21)22)17(8-12(11)2)25-9-14-13(10-27)5-4-6-16(14)26-18(23)24-3/h4-8,27H,9-10H2,1-3H3. The summed E-state index contributed by atoms with van der Waals surface area (Å²) in [6, 6.07) is 7.28. The number of halogens is 3. The van der Waals surface area contributed by atoms with Gasteiger partial charge in [-0.05, 0) is 48.7 Å². The lowest BCUT2D eigenvalue weighted by molar-refractivity contribution is -0.139. The maximum Gasteiger partial charge on any atom is 0.513 e. The van der Waals surface area contributed by atoms with Crippen LogP contribution in [0.3, 0.4) is 0 Å². The molecule has 0 radical (unpaired) electrons. The van der Waals surface area contributed by atoms with E-state index >= 15 is 0 Å².